The van der Waals surface area contributed by atoms with Crippen LogP contribution in [0, 0.1) is 19.8 Å². The summed E-state index contributed by atoms with van der Waals surface area (Å²) in [7, 11) is 0. The Hall–Kier alpha value is -1.77. The minimum absolute atomic E-state index is 0.792. The summed E-state index contributed by atoms with van der Waals surface area (Å²) in [6.45, 7) is 4.94. The van der Waals surface area contributed by atoms with E-state index < -0.39 is 0 Å². The molecule has 0 unspecified atom stereocenters. The maximum absolute atomic E-state index is 5.73. The molecule has 1 fully saturated rings. The summed E-state index contributed by atoms with van der Waals surface area (Å²) in [5.74, 6) is 1.74. The molecular formula is C15H18N2O. The van der Waals surface area contributed by atoms with Crippen LogP contribution in [-0.4, -0.2) is 16.4 Å². The fraction of sp³-hybridized carbons (Fsp3) is 0.400. The van der Waals surface area contributed by atoms with E-state index in [0.717, 1.165) is 35.3 Å². The van der Waals surface area contributed by atoms with E-state index in [-0.39, 0.29) is 0 Å². The summed E-state index contributed by atoms with van der Waals surface area (Å²) in [6.07, 6.45) is 2.65. The minimum atomic E-state index is 0.792. The highest BCUT2D eigenvalue weighted by molar-refractivity contribution is 5.38. The lowest BCUT2D eigenvalue weighted by atomic mass is 10.3. The number of benzene rings is 1. The average molecular weight is 242 g/mol. The lowest BCUT2D eigenvalue weighted by Gasteiger charge is -2.07. The van der Waals surface area contributed by atoms with Gasteiger partial charge in [0, 0.05) is 5.69 Å². The number of aromatic nitrogens is 2. The first-order valence-electron chi connectivity index (χ1n) is 6.49. The first-order chi connectivity index (χ1) is 8.72. The Labute approximate surface area is 107 Å². The van der Waals surface area contributed by atoms with E-state index in [0.29, 0.717) is 0 Å². The Morgan fingerprint density at radius 1 is 1.22 bits per heavy atom. The zero-order valence-corrected chi connectivity index (χ0v) is 10.9. The second-order valence-electron chi connectivity index (χ2n) is 5.09. The summed E-state index contributed by atoms with van der Waals surface area (Å²) in [6, 6.07) is 10.2. The molecule has 1 aromatic heterocycles. The fourth-order valence-corrected chi connectivity index (χ4v) is 2.07. The molecule has 3 heteroatoms. The van der Waals surface area contributed by atoms with E-state index in [2.05, 4.69) is 30.2 Å². The predicted molar refractivity (Wildman–Crippen MR) is 71.3 cm³/mol. The van der Waals surface area contributed by atoms with Crippen LogP contribution >= 0.6 is 0 Å². The van der Waals surface area contributed by atoms with E-state index in [1.165, 1.54) is 12.8 Å². The van der Waals surface area contributed by atoms with Crippen molar-refractivity contribution in [3.05, 3.63) is 41.7 Å². The van der Waals surface area contributed by atoms with Crippen molar-refractivity contribution in [1.29, 1.82) is 0 Å². The maximum atomic E-state index is 5.73. The standard InChI is InChI=1S/C15H18N2O/c1-11-9-12(2)17(16-11)14-5-7-15(8-6-14)18-10-13-3-4-13/h5-9,13H,3-4,10H2,1-2H3. The van der Waals surface area contributed by atoms with Crippen molar-refractivity contribution in [1.82, 2.24) is 9.78 Å². The summed E-state index contributed by atoms with van der Waals surface area (Å²) in [4.78, 5) is 0. The molecule has 0 saturated heterocycles. The predicted octanol–water partition coefficient (Wildman–Crippen LogP) is 3.28. The third-order valence-electron chi connectivity index (χ3n) is 3.27. The highest BCUT2D eigenvalue weighted by atomic mass is 16.5. The highest BCUT2D eigenvalue weighted by Gasteiger charge is 2.21. The molecular weight excluding hydrogens is 224 g/mol. The molecule has 1 aliphatic carbocycles. The fourth-order valence-electron chi connectivity index (χ4n) is 2.07. The van der Waals surface area contributed by atoms with Crippen LogP contribution in [-0.2, 0) is 0 Å². The zero-order chi connectivity index (χ0) is 12.5. The van der Waals surface area contributed by atoms with Crippen molar-refractivity contribution in [2.75, 3.05) is 6.61 Å². The van der Waals surface area contributed by atoms with Gasteiger partial charge in [0.15, 0.2) is 0 Å². The van der Waals surface area contributed by atoms with Gasteiger partial charge in [-0.15, -0.1) is 0 Å². The molecule has 18 heavy (non-hydrogen) atoms. The van der Waals surface area contributed by atoms with Crippen molar-refractivity contribution in [2.24, 2.45) is 5.92 Å². The van der Waals surface area contributed by atoms with Crippen molar-refractivity contribution in [2.45, 2.75) is 26.7 Å². The molecule has 0 aliphatic heterocycles. The van der Waals surface area contributed by atoms with Crippen LogP contribution in [0.3, 0.4) is 0 Å². The zero-order valence-electron chi connectivity index (χ0n) is 10.9. The molecule has 1 aromatic carbocycles. The second-order valence-corrected chi connectivity index (χ2v) is 5.09. The van der Waals surface area contributed by atoms with Gasteiger partial charge in [0.1, 0.15) is 5.75 Å². The third kappa shape index (κ3) is 2.40. The molecule has 1 saturated carbocycles. The van der Waals surface area contributed by atoms with Gasteiger partial charge in [0.2, 0.25) is 0 Å². The first-order valence-corrected chi connectivity index (χ1v) is 6.49. The van der Waals surface area contributed by atoms with E-state index >= 15 is 0 Å². The topological polar surface area (TPSA) is 27.1 Å². The lowest BCUT2D eigenvalue weighted by Crippen LogP contribution is -2.01. The van der Waals surface area contributed by atoms with Crippen LogP contribution < -0.4 is 4.74 Å². The average Bonchev–Trinajstić information content (AvgIpc) is 3.13. The number of ether oxygens (including phenoxy) is 1. The first kappa shape index (κ1) is 11.3. The monoisotopic (exact) mass is 242 g/mol. The Bertz CT molecular complexity index is 538. The Morgan fingerprint density at radius 2 is 1.94 bits per heavy atom. The molecule has 2 aromatic rings. The second kappa shape index (κ2) is 4.48. The molecule has 0 amide bonds. The summed E-state index contributed by atoms with van der Waals surface area (Å²) >= 11 is 0. The molecule has 3 rings (SSSR count). The van der Waals surface area contributed by atoms with Crippen molar-refractivity contribution < 1.29 is 4.74 Å². The molecule has 1 heterocycles. The number of nitrogens with zero attached hydrogens (tertiary/aromatic N) is 2. The molecule has 3 nitrogen and oxygen atoms in total. The van der Waals surface area contributed by atoms with Gasteiger partial charge in [-0.05, 0) is 62.9 Å². The molecule has 0 bridgehead atoms. The van der Waals surface area contributed by atoms with Gasteiger partial charge >= 0.3 is 0 Å². The molecule has 0 N–H and O–H groups in total. The Morgan fingerprint density at radius 3 is 2.50 bits per heavy atom. The number of hydrogen-bond donors (Lipinski definition) is 0. The van der Waals surface area contributed by atoms with Crippen LogP contribution in [0.4, 0.5) is 0 Å². The van der Waals surface area contributed by atoms with E-state index in [9.17, 15) is 0 Å². The molecule has 0 spiro atoms. The summed E-state index contributed by atoms with van der Waals surface area (Å²) in [5, 5.41) is 4.47. The number of aryl methyl sites for hydroxylation is 2. The minimum Gasteiger partial charge on any atom is -0.493 e. The SMILES string of the molecule is Cc1cc(C)n(-c2ccc(OCC3CC3)cc2)n1. The van der Waals surface area contributed by atoms with Crippen molar-refractivity contribution >= 4 is 0 Å². The number of hydrogen-bond acceptors (Lipinski definition) is 2. The van der Waals surface area contributed by atoms with Gasteiger partial charge in [-0.2, -0.15) is 5.10 Å². The van der Waals surface area contributed by atoms with Crippen LogP contribution in [0.5, 0.6) is 5.75 Å². The Kier molecular flexibility index (Phi) is 2.82. The van der Waals surface area contributed by atoms with Crippen LogP contribution in [0.1, 0.15) is 24.2 Å². The third-order valence-corrected chi connectivity index (χ3v) is 3.27. The van der Waals surface area contributed by atoms with Crippen molar-refractivity contribution in [3.8, 4) is 11.4 Å². The number of rotatable bonds is 4. The highest BCUT2D eigenvalue weighted by Crippen LogP contribution is 2.29. The molecule has 1 aliphatic rings. The van der Waals surface area contributed by atoms with Crippen LogP contribution in [0.25, 0.3) is 5.69 Å². The maximum Gasteiger partial charge on any atom is 0.119 e. The van der Waals surface area contributed by atoms with Crippen LogP contribution in [0.2, 0.25) is 0 Å². The molecule has 94 valence electrons. The van der Waals surface area contributed by atoms with Gasteiger partial charge in [-0.25, -0.2) is 4.68 Å². The molecule has 0 atom stereocenters. The van der Waals surface area contributed by atoms with E-state index in [4.69, 9.17) is 4.74 Å². The van der Waals surface area contributed by atoms with E-state index in [1.54, 1.807) is 0 Å². The van der Waals surface area contributed by atoms with Gasteiger partial charge in [-0.1, -0.05) is 0 Å². The van der Waals surface area contributed by atoms with Gasteiger partial charge in [0.05, 0.1) is 18.0 Å². The van der Waals surface area contributed by atoms with Crippen LogP contribution in [0.15, 0.2) is 30.3 Å². The van der Waals surface area contributed by atoms with Gasteiger partial charge < -0.3 is 4.74 Å². The van der Waals surface area contributed by atoms with Crippen molar-refractivity contribution in [3.63, 3.8) is 0 Å². The lowest BCUT2D eigenvalue weighted by molar-refractivity contribution is 0.300. The largest absolute Gasteiger partial charge is 0.493 e. The van der Waals surface area contributed by atoms with E-state index in [1.807, 2.05) is 23.7 Å². The normalized spacial score (nSPS) is 14.8. The quantitative estimate of drug-likeness (QED) is 0.822. The smallest absolute Gasteiger partial charge is 0.119 e. The summed E-state index contributed by atoms with van der Waals surface area (Å²) < 4.78 is 7.68. The van der Waals surface area contributed by atoms with Gasteiger partial charge in [0.25, 0.3) is 0 Å². The Balaban J connectivity index is 1.75. The summed E-state index contributed by atoms with van der Waals surface area (Å²) in [5.41, 5.74) is 3.28. The molecule has 0 radical (unpaired) electrons. The van der Waals surface area contributed by atoms with Gasteiger partial charge in [-0.3, -0.25) is 0 Å².